The Morgan fingerprint density at radius 1 is 1.37 bits per heavy atom. The lowest BCUT2D eigenvalue weighted by molar-refractivity contribution is 0.376. The minimum atomic E-state index is 0.109. The molecule has 2 heterocycles. The fourth-order valence-corrected chi connectivity index (χ4v) is 2.32. The normalized spacial score (nSPS) is 12.0. The summed E-state index contributed by atoms with van der Waals surface area (Å²) in [5.41, 5.74) is 6.97. The zero-order valence-electron chi connectivity index (χ0n) is 12.1. The summed E-state index contributed by atoms with van der Waals surface area (Å²) < 4.78 is 2.14. The van der Waals surface area contributed by atoms with Crippen LogP contribution >= 0.6 is 0 Å². The lowest BCUT2D eigenvalue weighted by atomic mass is 9.93. The van der Waals surface area contributed by atoms with Gasteiger partial charge < -0.3 is 10.6 Å². The average molecular weight is 260 g/mol. The molecule has 4 heteroatoms. The summed E-state index contributed by atoms with van der Waals surface area (Å²) in [4.78, 5) is 6.75. The van der Waals surface area contributed by atoms with Gasteiger partial charge in [0.05, 0.1) is 0 Å². The second-order valence-electron chi connectivity index (χ2n) is 5.83. The van der Waals surface area contributed by atoms with Crippen molar-refractivity contribution >= 4 is 11.5 Å². The van der Waals surface area contributed by atoms with Gasteiger partial charge in [-0.15, -0.1) is 0 Å². The summed E-state index contributed by atoms with van der Waals surface area (Å²) in [6.07, 6.45) is 4.98. The Kier molecular flexibility index (Phi) is 4.10. The quantitative estimate of drug-likeness (QED) is 0.868. The molecule has 0 amide bonds. The number of aromatic nitrogens is 2. The number of hydrogen-bond acceptors (Lipinski definition) is 3. The molecule has 0 radical (unpaired) electrons. The molecule has 0 bridgehead atoms. The van der Waals surface area contributed by atoms with Crippen LogP contribution in [0.3, 0.4) is 0 Å². The summed E-state index contributed by atoms with van der Waals surface area (Å²) in [7, 11) is 0. The first-order valence-electron chi connectivity index (χ1n) is 6.94. The summed E-state index contributed by atoms with van der Waals surface area (Å²) in [6, 6.07) is 6.24. The molecule has 0 saturated carbocycles. The number of hydrogen-bond donors (Lipinski definition) is 1. The van der Waals surface area contributed by atoms with Crippen LogP contribution in [-0.4, -0.2) is 29.0 Å². The van der Waals surface area contributed by atoms with Crippen molar-refractivity contribution in [2.75, 3.05) is 24.5 Å². The van der Waals surface area contributed by atoms with Crippen molar-refractivity contribution in [2.24, 2.45) is 11.1 Å². The first-order valence-corrected chi connectivity index (χ1v) is 6.94. The molecule has 4 nitrogen and oxygen atoms in total. The molecular weight excluding hydrogens is 236 g/mol. The van der Waals surface area contributed by atoms with Gasteiger partial charge in [-0.1, -0.05) is 26.8 Å². The van der Waals surface area contributed by atoms with E-state index < -0.39 is 0 Å². The fraction of sp³-hybridized carbons (Fsp3) is 0.533. The second kappa shape index (κ2) is 5.61. The van der Waals surface area contributed by atoms with E-state index >= 15 is 0 Å². The Morgan fingerprint density at radius 2 is 2.16 bits per heavy atom. The van der Waals surface area contributed by atoms with Crippen molar-refractivity contribution in [3.63, 3.8) is 0 Å². The minimum Gasteiger partial charge on any atom is -0.357 e. The van der Waals surface area contributed by atoms with Gasteiger partial charge in [-0.05, 0) is 30.5 Å². The molecular formula is C15H24N4. The van der Waals surface area contributed by atoms with Crippen LogP contribution in [0.4, 0.5) is 5.82 Å². The Morgan fingerprint density at radius 3 is 2.84 bits per heavy atom. The first kappa shape index (κ1) is 13.9. The molecule has 0 fully saturated rings. The van der Waals surface area contributed by atoms with Crippen LogP contribution in [0.25, 0.3) is 5.65 Å². The summed E-state index contributed by atoms with van der Waals surface area (Å²) in [5, 5.41) is 0. The lowest BCUT2D eigenvalue weighted by Gasteiger charge is -2.33. The molecule has 2 aromatic rings. The van der Waals surface area contributed by atoms with Crippen LogP contribution in [0, 0.1) is 5.41 Å². The van der Waals surface area contributed by atoms with E-state index in [9.17, 15) is 0 Å². The van der Waals surface area contributed by atoms with Gasteiger partial charge >= 0.3 is 0 Å². The third-order valence-corrected chi connectivity index (χ3v) is 3.40. The molecule has 0 spiro atoms. The highest BCUT2D eigenvalue weighted by atomic mass is 15.2. The Labute approximate surface area is 115 Å². The van der Waals surface area contributed by atoms with E-state index in [2.05, 4.69) is 47.2 Å². The maximum absolute atomic E-state index is 5.88. The number of rotatable bonds is 6. The largest absolute Gasteiger partial charge is 0.357 e. The number of pyridine rings is 1. The number of imidazole rings is 1. The van der Waals surface area contributed by atoms with E-state index in [4.69, 9.17) is 5.73 Å². The minimum absolute atomic E-state index is 0.109. The predicted molar refractivity (Wildman–Crippen MR) is 80.5 cm³/mol. The maximum Gasteiger partial charge on any atom is 0.138 e. The van der Waals surface area contributed by atoms with Gasteiger partial charge in [-0.3, -0.25) is 4.40 Å². The van der Waals surface area contributed by atoms with Crippen molar-refractivity contribution in [1.82, 2.24) is 9.38 Å². The molecule has 0 aromatic carbocycles. The van der Waals surface area contributed by atoms with Crippen LogP contribution in [-0.2, 0) is 0 Å². The van der Waals surface area contributed by atoms with E-state index in [1.807, 2.05) is 18.5 Å². The van der Waals surface area contributed by atoms with Gasteiger partial charge in [-0.25, -0.2) is 4.98 Å². The summed E-state index contributed by atoms with van der Waals surface area (Å²) in [6.45, 7) is 9.30. The van der Waals surface area contributed by atoms with Crippen molar-refractivity contribution in [3.8, 4) is 0 Å². The van der Waals surface area contributed by atoms with E-state index in [0.717, 1.165) is 25.2 Å². The molecule has 0 atom stereocenters. The highest BCUT2D eigenvalue weighted by Gasteiger charge is 2.21. The fourth-order valence-electron chi connectivity index (χ4n) is 2.32. The molecule has 2 aromatic heterocycles. The van der Waals surface area contributed by atoms with Crippen LogP contribution < -0.4 is 10.6 Å². The van der Waals surface area contributed by atoms with E-state index in [0.29, 0.717) is 6.54 Å². The highest BCUT2D eigenvalue weighted by molar-refractivity contribution is 5.51. The predicted octanol–water partition coefficient (Wildman–Crippen LogP) is 2.54. The Hall–Kier alpha value is -1.55. The molecule has 104 valence electrons. The van der Waals surface area contributed by atoms with Gasteiger partial charge in [-0.2, -0.15) is 0 Å². The van der Waals surface area contributed by atoms with E-state index in [-0.39, 0.29) is 5.41 Å². The molecule has 2 N–H and O–H groups in total. The van der Waals surface area contributed by atoms with Gasteiger partial charge in [0, 0.05) is 25.5 Å². The lowest BCUT2D eigenvalue weighted by Crippen LogP contribution is -2.40. The van der Waals surface area contributed by atoms with Gasteiger partial charge in [0.15, 0.2) is 0 Å². The zero-order valence-corrected chi connectivity index (χ0v) is 12.1. The molecule has 2 rings (SSSR count). The Bertz CT molecular complexity index is 530. The van der Waals surface area contributed by atoms with Crippen LogP contribution in [0.1, 0.15) is 27.2 Å². The van der Waals surface area contributed by atoms with E-state index in [1.54, 1.807) is 0 Å². The molecule has 0 unspecified atom stereocenters. The number of nitrogens with two attached hydrogens (primary N) is 1. The van der Waals surface area contributed by atoms with Crippen molar-refractivity contribution in [2.45, 2.75) is 27.2 Å². The van der Waals surface area contributed by atoms with Crippen molar-refractivity contribution in [3.05, 3.63) is 30.6 Å². The zero-order chi connectivity index (χ0) is 13.9. The Balaban J connectivity index is 2.35. The number of nitrogens with zero attached hydrogens (tertiary/aromatic N) is 3. The van der Waals surface area contributed by atoms with Gasteiger partial charge in [0.2, 0.25) is 0 Å². The third kappa shape index (κ3) is 3.07. The molecule has 19 heavy (non-hydrogen) atoms. The summed E-state index contributed by atoms with van der Waals surface area (Å²) in [5.74, 6) is 1.19. The maximum atomic E-state index is 5.88. The van der Waals surface area contributed by atoms with Gasteiger partial charge in [0.1, 0.15) is 11.5 Å². The molecule has 0 saturated heterocycles. The highest BCUT2D eigenvalue weighted by Crippen LogP contribution is 2.22. The molecule has 0 aliphatic rings. The van der Waals surface area contributed by atoms with Crippen molar-refractivity contribution < 1.29 is 0 Å². The smallest absolute Gasteiger partial charge is 0.138 e. The topological polar surface area (TPSA) is 46.6 Å². The van der Waals surface area contributed by atoms with Crippen LogP contribution in [0.15, 0.2) is 30.6 Å². The number of fused-ring (bicyclic) bond motifs is 1. The summed E-state index contributed by atoms with van der Waals surface area (Å²) >= 11 is 0. The third-order valence-electron chi connectivity index (χ3n) is 3.40. The van der Waals surface area contributed by atoms with Crippen molar-refractivity contribution in [1.29, 1.82) is 0 Å². The molecule has 0 aliphatic carbocycles. The van der Waals surface area contributed by atoms with Crippen LogP contribution in [0.2, 0.25) is 0 Å². The van der Waals surface area contributed by atoms with Gasteiger partial charge in [0.25, 0.3) is 0 Å². The average Bonchev–Trinajstić information content (AvgIpc) is 2.86. The van der Waals surface area contributed by atoms with E-state index in [1.165, 1.54) is 5.82 Å². The second-order valence-corrected chi connectivity index (χ2v) is 5.83. The standard InChI is InChI=1S/C15H24N4/c1-4-9-18(12-15(2,3)11-16)14-7-5-6-13-17-8-10-19(13)14/h5-8,10H,4,9,11-12,16H2,1-3H3. The molecule has 0 aliphatic heterocycles. The number of anilines is 1. The van der Waals surface area contributed by atoms with Crippen LogP contribution in [0.5, 0.6) is 0 Å². The SMILES string of the molecule is CCCN(CC(C)(C)CN)c1cccc2nccn12. The monoisotopic (exact) mass is 260 g/mol. The first-order chi connectivity index (χ1) is 9.07.